The summed E-state index contributed by atoms with van der Waals surface area (Å²) in [5, 5.41) is 7.48. The highest BCUT2D eigenvalue weighted by Gasteiger charge is 2.20. The van der Waals surface area contributed by atoms with Crippen LogP contribution in [0.2, 0.25) is 0 Å². The smallest absolute Gasteiger partial charge is 0.243 e. The number of nitrogens with one attached hydrogen (secondary N) is 2. The zero-order valence-corrected chi connectivity index (χ0v) is 12.8. The lowest BCUT2D eigenvalue weighted by molar-refractivity contribution is 0.551. The summed E-state index contributed by atoms with van der Waals surface area (Å²) < 4.78 is 28.3. The molecule has 0 unspecified atom stereocenters. The largest absolute Gasteiger partial charge is 0.312 e. The predicted octanol–water partition coefficient (Wildman–Crippen LogP) is 1.10. The van der Waals surface area contributed by atoms with E-state index in [4.69, 9.17) is 0 Å². The first-order valence-electron chi connectivity index (χ1n) is 7.37. The van der Waals surface area contributed by atoms with Gasteiger partial charge in [-0.3, -0.25) is 4.68 Å². The van der Waals surface area contributed by atoms with Crippen LogP contribution in [0.15, 0.2) is 17.3 Å². The molecule has 0 aromatic carbocycles. The molecule has 0 atom stereocenters. The molecule has 0 bridgehead atoms. The molecule has 0 saturated heterocycles. The average Bonchev–Trinajstić information content (AvgIpc) is 3.10. The van der Waals surface area contributed by atoms with Gasteiger partial charge in [-0.15, -0.1) is 0 Å². The summed E-state index contributed by atoms with van der Waals surface area (Å²) in [7, 11) is -3.40. The molecule has 1 saturated carbocycles. The Morgan fingerprint density at radius 1 is 1.35 bits per heavy atom. The van der Waals surface area contributed by atoms with Gasteiger partial charge in [0, 0.05) is 25.3 Å². The molecule has 2 N–H and O–H groups in total. The van der Waals surface area contributed by atoms with Crippen molar-refractivity contribution < 1.29 is 8.42 Å². The monoisotopic (exact) mass is 300 g/mol. The molecule has 1 aliphatic rings. The molecule has 0 radical (unpaired) electrons. The minimum Gasteiger partial charge on any atom is -0.312 e. The summed E-state index contributed by atoms with van der Waals surface area (Å²) in [5.41, 5.74) is 0. The Balaban J connectivity index is 1.79. The summed E-state index contributed by atoms with van der Waals surface area (Å²) in [5.74, 6) is 0. The molecular formula is C13H24N4O2S. The normalized spacial score (nSPS) is 15.7. The first-order chi connectivity index (χ1) is 9.62. The standard InChI is InChI=1S/C13H24N4O2S/c1-2-3-4-7-16-20(18,19)13-10-15-17(11-13)9-8-14-12-5-6-12/h10-12,14,16H,2-9H2,1H3. The van der Waals surface area contributed by atoms with E-state index < -0.39 is 10.0 Å². The molecule has 1 aromatic heterocycles. The molecule has 7 heteroatoms. The van der Waals surface area contributed by atoms with Crippen LogP contribution in [0, 0.1) is 0 Å². The molecule has 1 heterocycles. The highest BCUT2D eigenvalue weighted by Crippen LogP contribution is 2.18. The van der Waals surface area contributed by atoms with Crippen molar-refractivity contribution in [1.82, 2.24) is 19.8 Å². The molecule has 6 nitrogen and oxygen atoms in total. The lowest BCUT2D eigenvalue weighted by Gasteiger charge is -2.04. The minimum atomic E-state index is -3.40. The predicted molar refractivity (Wildman–Crippen MR) is 78.0 cm³/mol. The van der Waals surface area contributed by atoms with Gasteiger partial charge in [0.15, 0.2) is 0 Å². The van der Waals surface area contributed by atoms with Crippen molar-refractivity contribution in [3.8, 4) is 0 Å². The van der Waals surface area contributed by atoms with Gasteiger partial charge in [0.25, 0.3) is 0 Å². The van der Waals surface area contributed by atoms with E-state index in [0.717, 1.165) is 25.8 Å². The molecule has 20 heavy (non-hydrogen) atoms. The third kappa shape index (κ3) is 4.88. The molecule has 114 valence electrons. The Morgan fingerprint density at radius 2 is 2.15 bits per heavy atom. The third-order valence-electron chi connectivity index (χ3n) is 3.34. The van der Waals surface area contributed by atoms with E-state index in [1.807, 2.05) is 0 Å². The highest BCUT2D eigenvalue weighted by atomic mass is 32.2. The first kappa shape index (κ1) is 15.5. The second-order valence-electron chi connectivity index (χ2n) is 5.27. The number of rotatable bonds is 10. The van der Waals surface area contributed by atoms with Gasteiger partial charge in [-0.1, -0.05) is 19.8 Å². The molecular weight excluding hydrogens is 276 g/mol. The lowest BCUT2D eigenvalue weighted by Crippen LogP contribution is -2.24. The lowest BCUT2D eigenvalue weighted by atomic mass is 10.3. The molecule has 1 aromatic rings. The second-order valence-corrected chi connectivity index (χ2v) is 7.04. The number of sulfonamides is 1. The summed E-state index contributed by atoms with van der Waals surface area (Å²) >= 11 is 0. The van der Waals surface area contributed by atoms with Gasteiger partial charge < -0.3 is 5.32 Å². The Kier molecular flexibility index (Phi) is 5.56. The van der Waals surface area contributed by atoms with Crippen LogP contribution in [0.4, 0.5) is 0 Å². The van der Waals surface area contributed by atoms with Crippen LogP contribution in [0.3, 0.4) is 0 Å². The van der Waals surface area contributed by atoms with Crippen LogP contribution < -0.4 is 10.0 Å². The average molecular weight is 300 g/mol. The molecule has 0 amide bonds. The fraction of sp³-hybridized carbons (Fsp3) is 0.769. The van der Waals surface area contributed by atoms with E-state index in [9.17, 15) is 8.42 Å². The summed E-state index contributed by atoms with van der Waals surface area (Å²) in [4.78, 5) is 0.250. The zero-order valence-electron chi connectivity index (χ0n) is 12.0. The van der Waals surface area contributed by atoms with Gasteiger partial charge in [0.1, 0.15) is 4.90 Å². The van der Waals surface area contributed by atoms with Crippen molar-refractivity contribution in [2.75, 3.05) is 13.1 Å². The number of aromatic nitrogens is 2. The Morgan fingerprint density at radius 3 is 2.85 bits per heavy atom. The number of hydrogen-bond donors (Lipinski definition) is 2. The maximum Gasteiger partial charge on any atom is 0.243 e. The van der Waals surface area contributed by atoms with E-state index in [1.54, 1.807) is 10.9 Å². The second kappa shape index (κ2) is 7.19. The topological polar surface area (TPSA) is 76.0 Å². The summed E-state index contributed by atoms with van der Waals surface area (Å²) in [6.45, 7) is 4.11. The van der Waals surface area contributed by atoms with Crippen molar-refractivity contribution >= 4 is 10.0 Å². The SMILES string of the molecule is CCCCCNS(=O)(=O)c1cnn(CCNC2CC2)c1. The van der Waals surface area contributed by atoms with Crippen LogP contribution in [-0.2, 0) is 16.6 Å². The quantitative estimate of drug-likeness (QED) is 0.635. The molecule has 1 aliphatic carbocycles. The highest BCUT2D eigenvalue weighted by molar-refractivity contribution is 7.89. The van der Waals surface area contributed by atoms with Crippen LogP contribution in [0.5, 0.6) is 0 Å². The van der Waals surface area contributed by atoms with Crippen molar-refractivity contribution in [2.45, 2.75) is 56.5 Å². The molecule has 0 spiro atoms. The molecule has 0 aliphatic heterocycles. The fourth-order valence-corrected chi connectivity index (χ4v) is 2.97. The van der Waals surface area contributed by atoms with Crippen molar-refractivity contribution in [1.29, 1.82) is 0 Å². The van der Waals surface area contributed by atoms with Crippen LogP contribution in [0.1, 0.15) is 39.0 Å². The third-order valence-corrected chi connectivity index (χ3v) is 4.76. The molecule has 2 rings (SSSR count). The zero-order chi connectivity index (χ0) is 14.4. The molecule has 1 fully saturated rings. The van der Waals surface area contributed by atoms with Gasteiger partial charge in [-0.2, -0.15) is 5.10 Å². The minimum absolute atomic E-state index is 0.250. The maximum atomic E-state index is 12.0. The van der Waals surface area contributed by atoms with Crippen molar-refractivity contribution in [3.05, 3.63) is 12.4 Å². The van der Waals surface area contributed by atoms with E-state index in [0.29, 0.717) is 19.1 Å². The summed E-state index contributed by atoms with van der Waals surface area (Å²) in [6.07, 6.45) is 8.49. The van der Waals surface area contributed by atoms with E-state index in [-0.39, 0.29) is 4.90 Å². The Hall–Kier alpha value is -0.920. The van der Waals surface area contributed by atoms with Crippen LogP contribution in [0.25, 0.3) is 0 Å². The fourth-order valence-electron chi connectivity index (χ4n) is 1.94. The van der Waals surface area contributed by atoms with Gasteiger partial charge in [-0.25, -0.2) is 13.1 Å². The Bertz CT molecular complexity index is 508. The van der Waals surface area contributed by atoms with Gasteiger partial charge in [-0.05, 0) is 19.3 Å². The van der Waals surface area contributed by atoms with E-state index in [2.05, 4.69) is 22.1 Å². The van der Waals surface area contributed by atoms with Gasteiger partial charge >= 0.3 is 0 Å². The number of hydrogen-bond acceptors (Lipinski definition) is 4. The van der Waals surface area contributed by atoms with E-state index >= 15 is 0 Å². The maximum absolute atomic E-state index is 12.0. The van der Waals surface area contributed by atoms with E-state index in [1.165, 1.54) is 19.0 Å². The number of unbranched alkanes of at least 4 members (excludes halogenated alkanes) is 2. The van der Waals surface area contributed by atoms with Crippen LogP contribution in [-0.4, -0.2) is 37.3 Å². The van der Waals surface area contributed by atoms with Gasteiger partial charge in [0.05, 0.1) is 12.7 Å². The van der Waals surface area contributed by atoms with Crippen molar-refractivity contribution in [2.24, 2.45) is 0 Å². The summed E-state index contributed by atoms with van der Waals surface area (Å²) in [6, 6.07) is 0.661. The number of nitrogens with zero attached hydrogens (tertiary/aromatic N) is 2. The Labute approximate surface area is 121 Å². The first-order valence-corrected chi connectivity index (χ1v) is 8.85. The van der Waals surface area contributed by atoms with Crippen molar-refractivity contribution in [3.63, 3.8) is 0 Å². The van der Waals surface area contributed by atoms with Gasteiger partial charge in [0.2, 0.25) is 10.0 Å². The van der Waals surface area contributed by atoms with Crippen LogP contribution >= 0.6 is 0 Å².